The minimum Gasteiger partial charge on any atom is -0.458 e. The van der Waals surface area contributed by atoms with Gasteiger partial charge in [0.05, 0.1) is 6.10 Å². The Morgan fingerprint density at radius 3 is 2.76 bits per heavy atom. The quantitative estimate of drug-likeness (QED) is 0.538. The first-order valence-electron chi connectivity index (χ1n) is 10.9. The van der Waals surface area contributed by atoms with Crippen LogP contribution in [-0.2, 0) is 23.9 Å². The van der Waals surface area contributed by atoms with E-state index < -0.39 is 5.97 Å². The Bertz CT molecular complexity index is 870. The molecule has 156 valence electrons. The maximum Gasteiger partial charge on any atom is 0.303 e. The zero-order valence-electron chi connectivity index (χ0n) is 17.7. The van der Waals surface area contributed by atoms with Gasteiger partial charge in [0.1, 0.15) is 12.2 Å². The van der Waals surface area contributed by atoms with Crippen LogP contribution in [0.4, 0.5) is 0 Å². The van der Waals surface area contributed by atoms with E-state index in [2.05, 4.69) is 26.8 Å². The van der Waals surface area contributed by atoms with Gasteiger partial charge in [-0.25, -0.2) is 0 Å². The molecule has 5 aliphatic rings. The van der Waals surface area contributed by atoms with Gasteiger partial charge in [-0.3, -0.25) is 14.4 Å². The van der Waals surface area contributed by atoms with E-state index in [4.69, 9.17) is 9.47 Å². The number of Topliss-reactive ketones (excluding diaryl/α,β-unsaturated/α-hetero) is 1. The number of hydrogen-bond acceptors (Lipinski definition) is 5. The molecule has 8 unspecified atom stereocenters. The smallest absolute Gasteiger partial charge is 0.303 e. The fourth-order valence-electron chi connectivity index (χ4n) is 7.96. The monoisotopic (exact) mass is 398 g/mol. The third kappa shape index (κ3) is 2.34. The highest BCUT2D eigenvalue weighted by Crippen LogP contribution is 2.75. The molecule has 3 saturated carbocycles. The summed E-state index contributed by atoms with van der Waals surface area (Å²) in [5.41, 5.74) is 0.628. The number of ketones is 2. The highest BCUT2D eigenvalue weighted by Gasteiger charge is 2.79. The Morgan fingerprint density at radius 1 is 1.28 bits per heavy atom. The maximum absolute atomic E-state index is 13.1. The van der Waals surface area contributed by atoms with Crippen molar-refractivity contribution < 1.29 is 23.9 Å². The number of fused-ring (bicyclic) bond motifs is 3. The van der Waals surface area contributed by atoms with Gasteiger partial charge in [0.25, 0.3) is 0 Å². The van der Waals surface area contributed by atoms with Gasteiger partial charge >= 0.3 is 5.97 Å². The van der Waals surface area contributed by atoms with E-state index in [-0.39, 0.29) is 52.5 Å². The lowest BCUT2D eigenvalue weighted by molar-refractivity contribution is -0.149. The predicted octanol–water partition coefficient (Wildman–Crippen LogP) is 3.42. The van der Waals surface area contributed by atoms with Gasteiger partial charge in [-0.2, -0.15) is 0 Å². The SMILES string of the molecule is CC(=O)OCC(=O)C1C(C)CC2C3CCC4=CC(=O)C=CC4(C)C34OC4CC21C. The molecule has 5 rings (SSSR count). The van der Waals surface area contributed by atoms with Crippen molar-refractivity contribution in [2.75, 3.05) is 6.61 Å². The number of carbonyl (C=O) groups is 3. The summed E-state index contributed by atoms with van der Waals surface area (Å²) in [5, 5.41) is 0. The van der Waals surface area contributed by atoms with Gasteiger partial charge in [0.15, 0.2) is 11.6 Å². The standard InChI is InChI=1S/C24H30O5/c1-13-9-18-17-6-5-15-10-16(26)7-8-23(15,4)24(17)20(29-24)11-22(18,3)21(13)19(27)12-28-14(2)25/h7-8,10,13,17-18,20-21H,5-6,9,11-12H2,1-4H3. The number of esters is 1. The summed E-state index contributed by atoms with van der Waals surface area (Å²) in [7, 11) is 0. The molecule has 4 aliphatic carbocycles. The zero-order chi connectivity index (χ0) is 20.8. The molecule has 0 bridgehead atoms. The Labute approximate surface area is 171 Å². The fourth-order valence-corrected chi connectivity index (χ4v) is 7.96. The summed E-state index contributed by atoms with van der Waals surface area (Å²) in [4.78, 5) is 36.2. The molecule has 0 aromatic rings. The number of allylic oxidation sites excluding steroid dienone is 2. The molecule has 0 radical (unpaired) electrons. The van der Waals surface area contributed by atoms with E-state index in [1.54, 1.807) is 6.08 Å². The Hall–Kier alpha value is -1.75. The zero-order valence-corrected chi connectivity index (χ0v) is 17.7. The molecule has 1 heterocycles. The lowest BCUT2D eigenvalue weighted by Gasteiger charge is -2.54. The molecule has 1 spiro atoms. The van der Waals surface area contributed by atoms with Crippen LogP contribution in [0.1, 0.15) is 53.4 Å². The largest absolute Gasteiger partial charge is 0.458 e. The number of rotatable bonds is 3. The first-order valence-corrected chi connectivity index (χ1v) is 10.9. The van der Waals surface area contributed by atoms with E-state index in [1.165, 1.54) is 12.5 Å². The van der Waals surface area contributed by atoms with Crippen LogP contribution in [0.5, 0.6) is 0 Å². The van der Waals surface area contributed by atoms with Crippen molar-refractivity contribution in [2.45, 2.75) is 65.1 Å². The van der Waals surface area contributed by atoms with Crippen molar-refractivity contribution in [3.05, 3.63) is 23.8 Å². The molecular weight excluding hydrogens is 368 g/mol. The van der Waals surface area contributed by atoms with E-state index in [0.717, 1.165) is 25.7 Å². The summed E-state index contributed by atoms with van der Waals surface area (Å²) in [6, 6.07) is 0. The van der Waals surface area contributed by atoms with Crippen LogP contribution < -0.4 is 0 Å². The highest BCUT2D eigenvalue weighted by atomic mass is 16.6. The van der Waals surface area contributed by atoms with Gasteiger partial charge in [-0.05, 0) is 67.9 Å². The van der Waals surface area contributed by atoms with Crippen LogP contribution in [0.3, 0.4) is 0 Å². The minimum absolute atomic E-state index is 0.0524. The van der Waals surface area contributed by atoms with Crippen LogP contribution in [0.25, 0.3) is 0 Å². The third-order valence-corrected chi connectivity index (χ3v) is 9.04. The molecule has 0 amide bonds. The second-order valence-electron chi connectivity index (χ2n) is 10.4. The van der Waals surface area contributed by atoms with Crippen molar-refractivity contribution in [3.8, 4) is 0 Å². The van der Waals surface area contributed by atoms with Crippen LogP contribution in [0.2, 0.25) is 0 Å². The van der Waals surface area contributed by atoms with Crippen LogP contribution in [0, 0.1) is 34.5 Å². The molecule has 29 heavy (non-hydrogen) atoms. The van der Waals surface area contributed by atoms with Crippen LogP contribution >= 0.6 is 0 Å². The summed E-state index contributed by atoms with van der Waals surface area (Å²) >= 11 is 0. The normalized spacial score (nSPS) is 49.3. The molecule has 0 aromatic heterocycles. The molecule has 1 aliphatic heterocycles. The number of carbonyl (C=O) groups excluding carboxylic acids is 3. The molecule has 1 saturated heterocycles. The Balaban J connectivity index is 1.48. The second-order valence-corrected chi connectivity index (χ2v) is 10.4. The first-order chi connectivity index (χ1) is 13.6. The summed E-state index contributed by atoms with van der Waals surface area (Å²) in [5.74, 6) is 0.703. The van der Waals surface area contributed by atoms with Crippen LogP contribution in [0.15, 0.2) is 23.8 Å². The van der Waals surface area contributed by atoms with Gasteiger partial charge < -0.3 is 9.47 Å². The van der Waals surface area contributed by atoms with Gasteiger partial charge in [0, 0.05) is 18.3 Å². The molecule has 5 heteroatoms. The van der Waals surface area contributed by atoms with Crippen molar-refractivity contribution in [1.29, 1.82) is 0 Å². The molecule has 0 N–H and O–H groups in total. The molecule has 5 nitrogen and oxygen atoms in total. The average Bonchev–Trinajstić information content (AvgIpc) is 3.29. The molecule has 0 aromatic carbocycles. The van der Waals surface area contributed by atoms with E-state index >= 15 is 0 Å². The maximum atomic E-state index is 13.1. The minimum atomic E-state index is -0.406. The number of ether oxygens (including phenoxy) is 2. The van der Waals surface area contributed by atoms with E-state index in [0.29, 0.717) is 11.8 Å². The number of epoxide rings is 1. The average molecular weight is 398 g/mol. The van der Waals surface area contributed by atoms with Crippen molar-refractivity contribution >= 4 is 17.5 Å². The van der Waals surface area contributed by atoms with Crippen molar-refractivity contribution in [2.24, 2.45) is 34.5 Å². The van der Waals surface area contributed by atoms with Gasteiger partial charge in [-0.15, -0.1) is 0 Å². The van der Waals surface area contributed by atoms with Crippen LogP contribution in [-0.4, -0.2) is 35.8 Å². The predicted molar refractivity (Wildman–Crippen MR) is 106 cm³/mol. The first kappa shape index (κ1) is 19.2. The highest BCUT2D eigenvalue weighted by molar-refractivity contribution is 6.01. The lowest BCUT2D eigenvalue weighted by atomic mass is 9.47. The van der Waals surface area contributed by atoms with Gasteiger partial charge in [-0.1, -0.05) is 25.5 Å². The topological polar surface area (TPSA) is 73.0 Å². The lowest BCUT2D eigenvalue weighted by Crippen LogP contribution is -2.57. The van der Waals surface area contributed by atoms with Gasteiger partial charge in [0.2, 0.25) is 0 Å². The van der Waals surface area contributed by atoms with Crippen molar-refractivity contribution in [1.82, 2.24) is 0 Å². The fraction of sp³-hybridized carbons (Fsp3) is 0.708. The Kier molecular flexibility index (Phi) is 3.91. The molecular formula is C24H30O5. The molecule has 4 fully saturated rings. The molecule has 8 atom stereocenters. The van der Waals surface area contributed by atoms with E-state index in [9.17, 15) is 14.4 Å². The second kappa shape index (κ2) is 5.90. The van der Waals surface area contributed by atoms with E-state index in [1.807, 2.05) is 6.08 Å². The summed E-state index contributed by atoms with van der Waals surface area (Å²) in [6.07, 6.45) is 9.53. The summed E-state index contributed by atoms with van der Waals surface area (Å²) < 4.78 is 11.6. The third-order valence-electron chi connectivity index (χ3n) is 9.04. The number of hydrogen-bond donors (Lipinski definition) is 0. The summed E-state index contributed by atoms with van der Waals surface area (Å²) in [6.45, 7) is 7.89. The Morgan fingerprint density at radius 2 is 2.03 bits per heavy atom. The van der Waals surface area contributed by atoms with Crippen molar-refractivity contribution in [3.63, 3.8) is 0 Å².